The molecule has 1 aliphatic rings. The van der Waals surface area contributed by atoms with Gasteiger partial charge >= 0.3 is 0 Å². The lowest BCUT2D eigenvalue weighted by Crippen LogP contribution is -3.14. The summed E-state index contributed by atoms with van der Waals surface area (Å²) < 4.78 is 19.2. The number of methoxy groups -OCH3 is 1. The molecular weight excluding hydrogens is 399 g/mol. The zero-order valence-corrected chi connectivity index (χ0v) is 18.1. The topological polar surface area (TPSA) is 66.3 Å². The van der Waals surface area contributed by atoms with Gasteiger partial charge < -0.3 is 24.8 Å². The summed E-state index contributed by atoms with van der Waals surface area (Å²) in [5, 5.41) is 2.86. The van der Waals surface area contributed by atoms with Gasteiger partial charge in [0.15, 0.2) is 13.1 Å². The molecule has 0 spiro atoms. The molecule has 2 aromatic carbocycles. The minimum atomic E-state index is -0.245. The van der Waals surface area contributed by atoms with E-state index in [9.17, 15) is 14.0 Å². The average molecular weight is 430 g/mol. The van der Waals surface area contributed by atoms with E-state index in [4.69, 9.17) is 4.74 Å². The number of carbonyl (C=O) groups excluding carboxylic acids is 2. The van der Waals surface area contributed by atoms with Crippen LogP contribution in [0.2, 0.25) is 0 Å². The largest absolute Gasteiger partial charge is 0.497 e. The van der Waals surface area contributed by atoms with Crippen molar-refractivity contribution >= 4 is 23.2 Å². The normalized spacial score (nSPS) is 14.8. The van der Waals surface area contributed by atoms with Gasteiger partial charge in [0.1, 0.15) is 11.6 Å². The predicted molar refractivity (Wildman–Crippen MR) is 118 cm³/mol. The van der Waals surface area contributed by atoms with Crippen LogP contribution in [-0.4, -0.2) is 69.6 Å². The van der Waals surface area contributed by atoms with Crippen LogP contribution < -0.4 is 19.9 Å². The number of hydrogen-bond donors (Lipinski definition) is 2. The van der Waals surface area contributed by atoms with Crippen LogP contribution in [0.15, 0.2) is 48.5 Å². The summed E-state index contributed by atoms with van der Waals surface area (Å²) in [4.78, 5) is 29.8. The molecule has 7 nitrogen and oxygen atoms in total. The molecule has 166 valence electrons. The van der Waals surface area contributed by atoms with Gasteiger partial charge in [-0.2, -0.15) is 0 Å². The van der Waals surface area contributed by atoms with Crippen molar-refractivity contribution in [3.05, 3.63) is 54.3 Å². The highest BCUT2D eigenvalue weighted by molar-refractivity contribution is 5.91. The van der Waals surface area contributed by atoms with Crippen molar-refractivity contribution in [1.29, 1.82) is 0 Å². The number of quaternary nitrogens is 1. The van der Waals surface area contributed by atoms with Gasteiger partial charge in [0.2, 0.25) is 0 Å². The second kappa shape index (κ2) is 10.8. The Balaban J connectivity index is 1.48. The zero-order chi connectivity index (χ0) is 22.2. The third kappa shape index (κ3) is 6.18. The third-order valence-electron chi connectivity index (χ3n) is 5.49. The zero-order valence-electron chi connectivity index (χ0n) is 18.1. The molecule has 1 aliphatic heterocycles. The van der Waals surface area contributed by atoms with Crippen molar-refractivity contribution in [3.8, 4) is 5.75 Å². The summed E-state index contributed by atoms with van der Waals surface area (Å²) >= 11 is 0. The number of anilines is 2. The number of rotatable bonds is 8. The lowest BCUT2D eigenvalue weighted by Gasteiger charge is -2.36. The highest BCUT2D eigenvalue weighted by Gasteiger charge is 2.26. The number of piperazine rings is 1. The molecule has 0 radical (unpaired) electrons. The fourth-order valence-electron chi connectivity index (χ4n) is 3.68. The number of amides is 2. The lowest BCUT2D eigenvalue weighted by molar-refractivity contribution is -0.882. The molecule has 1 saturated heterocycles. The summed E-state index contributed by atoms with van der Waals surface area (Å²) in [7, 11) is 1.58. The van der Waals surface area contributed by atoms with Crippen LogP contribution in [0.5, 0.6) is 5.75 Å². The fraction of sp³-hybridized carbons (Fsp3) is 0.391. The van der Waals surface area contributed by atoms with E-state index in [-0.39, 0.29) is 30.7 Å². The number of nitrogens with zero attached hydrogens (tertiary/aromatic N) is 2. The van der Waals surface area contributed by atoms with Gasteiger partial charge in [-0.25, -0.2) is 4.39 Å². The van der Waals surface area contributed by atoms with Gasteiger partial charge in [-0.05, 0) is 31.2 Å². The van der Waals surface area contributed by atoms with Gasteiger partial charge in [-0.1, -0.05) is 18.2 Å². The molecule has 2 N–H and O–H groups in total. The highest BCUT2D eigenvalue weighted by Crippen LogP contribution is 2.20. The minimum absolute atomic E-state index is 0.0132. The molecule has 1 unspecified atom stereocenters. The first kappa shape index (κ1) is 22.6. The maximum Gasteiger partial charge on any atom is 0.279 e. The van der Waals surface area contributed by atoms with E-state index in [0.29, 0.717) is 49.8 Å². The second-order valence-electron chi connectivity index (χ2n) is 7.56. The number of nitrogens with one attached hydrogen (secondary N) is 2. The number of likely N-dealkylation sites (N-methyl/N-ethyl adjacent to an activating group) is 1. The highest BCUT2D eigenvalue weighted by atomic mass is 19.1. The van der Waals surface area contributed by atoms with Crippen LogP contribution in [-0.2, 0) is 9.59 Å². The summed E-state index contributed by atoms with van der Waals surface area (Å²) in [5.41, 5.74) is 1.24. The van der Waals surface area contributed by atoms with Crippen LogP contribution in [0, 0.1) is 5.82 Å². The Kier molecular flexibility index (Phi) is 7.83. The molecule has 1 fully saturated rings. The number of ether oxygens (including phenoxy) is 1. The van der Waals surface area contributed by atoms with Gasteiger partial charge in [-0.15, -0.1) is 0 Å². The maximum absolute atomic E-state index is 14.0. The Morgan fingerprint density at radius 2 is 1.81 bits per heavy atom. The van der Waals surface area contributed by atoms with E-state index >= 15 is 0 Å². The Hall–Kier alpha value is -3.13. The Morgan fingerprint density at radius 3 is 2.48 bits per heavy atom. The molecule has 2 amide bonds. The lowest BCUT2D eigenvalue weighted by atomic mass is 10.2. The van der Waals surface area contributed by atoms with Crippen LogP contribution in [0.25, 0.3) is 0 Å². The molecule has 0 bridgehead atoms. The van der Waals surface area contributed by atoms with E-state index in [2.05, 4.69) is 5.32 Å². The van der Waals surface area contributed by atoms with Gasteiger partial charge in [0, 0.05) is 37.9 Å². The van der Waals surface area contributed by atoms with Crippen LogP contribution in [0.1, 0.15) is 6.92 Å². The quantitative estimate of drug-likeness (QED) is 0.658. The fourth-order valence-corrected chi connectivity index (χ4v) is 3.68. The first-order chi connectivity index (χ1) is 15.0. The summed E-state index contributed by atoms with van der Waals surface area (Å²) in [6.07, 6.45) is 0. The molecule has 1 atom stereocenters. The molecular formula is C23H30FN4O3+. The number of hydrogen-bond acceptors (Lipinski definition) is 4. The van der Waals surface area contributed by atoms with E-state index in [1.54, 1.807) is 36.3 Å². The molecule has 31 heavy (non-hydrogen) atoms. The molecule has 1 heterocycles. The van der Waals surface area contributed by atoms with Crippen molar-refractivity contribution in [3.63, 3.8) is 0 Å². The van der Waals surface area contributed by atoms with Gasteiger partial charge in [0.25, 0.3) is 11.8 Å². The van der Waals surface area contributed by atoms with E-state index in [0.717, 1.165) is 4.90 Å². The average Bonchev–Trinajstić information content (AvgIpc) is 2.79. The molecule has 0 aliphatic carbocycles. The second-order valence-corrected chi connectivity index (χ2v) is 7.56. The van der Waals surface area contributed by atoms with Gasteiger partial charge in [0.05, 0.1) is 19.3 Å². The Morgan fingerprint density at radius 1 is 1.06 bits per heavy atom. The van der Waals surface area contributed by atoms with E-state index < -0.39 is 0 Å². The summed E-state index contributed by atoms with van der Waals surface area (Å²) in [6.45, 7) is 5.33. The SMILES string of the molecule is CC[NH+](CC(=O)Nc1cccc(OC)c1)CC(=O)N1CCN(c2ccccc2F)CC1. The van der Waals surface area contributed by atoms with Crippen molar-refractivity contribution in [2.75, 3.05) is 63.1 Å². The monoisotopic (exact) mass is 429 g/mol. The predicted octanol–water partition coefficient (Wildman–Crippen LogP) is 1.03. The van der Waals surface area contributed by atoms with Crippen molar-refractivity contribution in [2.24, 2.45) is 0 Å². The molecule has 2 aromatic rings. The van der Waals surface area contributed by atoms with Crippen molar-refractivity contribution < 1.29 is 23.6 Å². The van der Waals surface area contributed by atoms with E-state index in [1.807, 2.05) is 30.0 Å². The smallest absolute Gasteiger partial charge is 0.279 e. The summed E-state index contributed by atoms with van der Waals surface area (Å²) in [6, 6.07) is 13.9. The summed E-state index contributed by atoms with van der Waals surface area (Å²) in [5.74, 6) is 0.287. The number of benzene rings is 2. The molecule has 0 aromatic heterocycles. The first-order valence-corrected chi connectivity index (χ1v) is 10.5. The van der Waals surface area contributed by atoms with Gasteiger partial charge in [-0.3, -0.25) is 9.59 Å². The maximum atomic E-state index is 14.0. The number of para-hydroxylation sites is 1. The van der Waals surface area contributed by atoms with Crippen LogP contribution >= 0.6 is 0 Å². The van der Waals surface area contributed by atoms with Crippen molar-refractivity contribution in [2.45, 2.75) is 6.92 Å². The molecule has 8 heteroatoms. The van der Waals surface area contributed by atoms with Crippen LogP contribution in [0.3, 0.4) is 0 Å². The third-order valence-corrected chi connectivity index (χ3v) is 5.49. The Labute approximate surface area is 182 Å². The Bertz CT molecular complexity index is 900. The van der Waals surface area contributed by atoms with Crippen LogP contribution in [0.4, 0.5) is 15.8 Å². The standard InChI is InChI=1S/C23H29FN4O3/c1-3-26(16-22(29)25-18-7-6-8-19(15-18)31-2)17-23(30)28-13-11-27(12-14-28)21-10-5-4-9-20(21)24/h4-10,15H,3,11-14,16-17H2,1-2H3,(H,25,29)/p+1. The van der Waals surface area contributed by atoms with E-state index in [1.165, 1.54) is 6.07 Å². The number of halogens is 1. The number of carbonyl (C=O) groups is 2. The minimum Gasteiger partial charge on any atom is -0.497 e. The van der Waals surface area contributed by atoms with Crippen molar-refractivity contribution in [1.82, 2.24) is 4.90 Å². The first-order valence-electron chi connectivity index (χ1n) is 10.5. The molecule has 0 saturated carbocycles. The molecule has 3 rings (SSSR count).